The molecule has 0 bridgehead atoms. The molecule has 2 atom stereocenters. The first-order valence-corrected chi connectivity index (χ1v) is 7.42. The summed E-state index contributed by atoms with van der Waals surface area (Å²) in [5, 5.41) is 12.5. The highest BCUT2D eigenvalue weighted by Crippen LogP contribution is 2.31. The van der Waals surface area contributed by atoms with Crippen LogP contribution in [0.25, 0.3) is 0 Å². The zero-order valence-electron chi connectivity index (χ0n) is 12.8. The normalized spacial score (nSPS) is 18.5. The van der Waals surface area contributed by atoms with Crippen LogP contribution in [0.15, 0.2) is 18.2 Å². The van der Waals surface area contributed by atoms with Gasteiger partial charge in [-0.1, -0.05) is 6.07 Å². The van der Waals surface area contributed by atoms with E-state index in [-0.39, 0.29) is 30.5 Å². The van der Waals surface area contributed by atoms with Gasteiger partial charge in [-0.15, -0.1) is 0 Å². The molecule has 2 unspecified atom stereocenters. The molecule has 0 radical (unpaired) electrons. The van der Waals surface area contributed by atoms with Crippen molar-refractivity contribution >= 4 is 6.03 Å². The Kier molecular flexibility index (Phi) is 4.83. The van der Waals surface area contributed by atoms with Crippen molar-refractivity contribution in [1.82, 2.24) is 10.2 Å². The number of rotatable bonds is 4. The van der Waals surface area contributed by atoms with E-state index >= 15 is 0 Å². The number of carbonyl (C=O) groups is 1. The molecular formula is C16H23FN2O2. The lowest BCUT2D eigenvalue weighted by atomic mass is 10.1. The van der Waals surface area contributed by atoms with Crippen LogP contribution in [0.5, 0.6) is 0 Å². The first-order valence-electron chi connectivity index (χ1n) is 7.42. The van der Waals surface area contributed by atoms with E-state index in [1.807, 2.05) is 13.8 Å². The number of carbonyl (C=O) groups excluding carboxylic acids is 1. The first kappa shape index (κ1) is 15.8. The number of hydrogen-bond donors (Lipinski definition) is 2. The number of aliphatic hydroxyl groups excluding tert-OH is 1. The van der Waals surface area contributed by atoms with E-state index in [0.717, 1.165) is 24.0 Å². The van der Waals surface area contributed by atoms with Gasteiger partial charge in [0.05, 0.1) is 12.1 Å². The van der Waals surface area contributed by atoms with Crippen molar-refractivity contribution in [3.05, 3.63) is 35.1 Å². The second kappa shape index (κ2) is 6.43. The van der Waals surface area contributed by atoms with Crippen LogP contribution >= 0.6 is 0 Å². The lowest BCUT2D eigenvalue weighted by Gasteiger charge is -2.29. The zero-order valence-corrected chi connectivity index (χ0v) is 12.8. The third kappa shape index (κ3) is 3.73. The SMILES string of the molecule is CC(O)CN(C(=O)NC1CCc2ccc(F)cc21)C(C)C. The molecule has 5 heteroatoms. The van der Waals surface area contributed by atoms with Crippen molar-refractivity contribution in [2.24, 2.45) is 0 Å². The summed E-state index contributed by atoms with van der Waals surface area (Å²) < 4.78 is 13.4. The summed E-state index contributed by atoms with van der Waals surface area (Å²) in [6, 6.07) is 4.37. The molecule has 0 saturated carbocycles. The van der Waals surface area contributed by atoms with E-state index in [4.69, 9.17) is 0 Å². The number of nitrogens with zero attached hydrogens (tertiary/aromatic N) is 1. The molecule has 1 aromatic rings. The fraction of sp³-hybridized carbons (Fsp3) is 0.562. The number of amides is 2. The van der Waals surface area contributed by atoms with Crippen LogP contribution in [0.2, 0.25) is 0 Å². The molecule has 21 heavy (non-hydrogen) atoms. The van der Waals surface area contributed by atoms with E-state index in [1.54, 1.807) is 17.9 Å². The second-order valence-electron chi connectivity index (χ2n) is 5.98. The molecule has 0 spiro atoms. The monoisotopic (exact) mass is 294 g/mol. The van der Waals surface area contributed by atoms with Gasteiger partial charge in [-0.25, -0.2) is 9.18 Å². The molecule has 0 heterocycles. The summed E-state index contributed by atoms with van der Waals surface area (Å²) in [5.74, 6) is -0.278. The standard InChI is InChI=1S/C16H23FN2O2/c1-10(2)19(9-11(3)20)16(21)18-15-7-5-12-4-6-13(17)8-14(12)15/h4,6,8,10-11,15,20H,5,7,9H2,1-3H3,(H,18,21). The maximum absolute atomic E-state index is 13.4. The predicted octanol–water partition coefficient (Wildman–Crippen LogP) is 2.61. The van der Waals surface area contributed by atoms with Gasteiger partial charge in [-0.3, -0.25) is 0 Å². The molecular weight excluding hydrogens is 271 g/mol. The molecule has 2 rings (SSSR count). The minimum absolute atomic E-state index is 0.00650. The average molecular weight is 294 g/mol. The Labute approximate surface area is 125 Å². The van der Waals surface area contributed by atoms with Gasteiger partial charge in [-0.05, 0) is 56.9 Å². The van der Waals surface area contributed by atoms with Gasteiger partial charge in [0.2, 0.25) is 0 Å². The van der Waals surface area contributed by atoms with Crippen molar-refractivity contribution in [2.45, 2.75) is 51.8 Å². The summed E-state index contributed by atoms with van der Waals surface area (Å²) in [5.41, 5.74) is 1.96. The van der Waals surface area contributed by atoms with Gasteiger partial charge in [0.25, 0.3) is 0 Å². The van der Waals surface area contributed by atoms with Crippen LogP contribution in [-0.4, -0.2) is 34.7 Å². The first-order chi connectivity index (χ1) is 9.88. The minimum atomic E-state index is -0.577. The Morgan fingerprint density at radius 3 is 2.81 bits per heavy atom. The topological polar surface area (TPSA) is 52.6 Å². The Bertz CT molecular complexity index is 517. The number of nitrogens with one attached hydrogen (secondary N) is 1. The molecule has 2 amide bonds. The molecule has 0 saturated heterocycles. The van der Waals surface area contributed by atoms with Crippen molar-refractivity contribution in [3.8, 4) is 0 Å². The Balaban J connectivity index is 2.08. The van der Waals surface area contributed by atoms with Crippen molar-refractivity contribution in [2.75, 3.05) is 6.54 Å². The number of halogens is 1. The van der Waals surface area contributed by atoms with Crippen LogP contribution in [0.3, 0.4) is 0 Å². The minimum Gasteiger partial charge on any atom is -0.392 e. The molecule has 1 aliphatic carbocycles. The predicted molar refractivity (Wildman–Crippen MR) is 79.5 cm³/mol. The van der Waals surface area contributed by atoms with Crippen molar-refractivity contribution in [1.29, 1.82) is 0 Å². The highest BCUT2D eigenvalue weighted by atomic mass is 19.1. The van der Waals surface area contributed by atoms with Crippen molar-refractivity contribution < 1.29 is 14.3 Å². The largest absolute Gasteiger partial charge is 0.392 e. The van der Waals surface area contributed by atoms with E-state index in [2.05, 4.69) is 5.32 Å². The maximum Gasteiger partial charge on any atom is 0.318 e. The van der Waals surface area contributed by atoms with Crippen LogP contribution in [0, 0.1) is 5.82 Å². The Morgan fingerprint density at radius 1 is 1.48 bits per heavy atom. The summed E-state index contributed by atoms with van der Waals surface area (Å²) in [7, 11) is 0. The van der Waals surface area contributed by atoms with E-state index < -0.39 is 6.10 Å². The van der Waals surface area contributed by atoms with E-state index in [1.165, 1.54) is 12.1 Å². The van der Waals surface area contributed by atoms with Gasteiger partial charge in [-0.2, -0.15) is 0 Å². The molecule has 1 aromatic carbocycles. The smallest absolute Gasteiger partial charge is 0.318 e. The third-order valence-corrected chi connectivity index (χ3v) is 3.83. The van der Waals surface area contributed by atoms with Crippen LogP contribution in [0.4, 0.5) is 9.18 Å². The molecule has 4 nitrogen and oxygen atoms in total. The molecule has 0 aliphatic heterocycles. The number of urea groups is 1. The summed E-state index contributed by atoms with van der Waals surface area (Å²) >= 11 is 0. The maximum atomic E-state index is 13.4. The third-order valence-electron chi connectivity index (χ3n) is 3.83. The van der Waals surface area contributed by atoms with Crippen molar-refractivity contribution in [3.63, 3.8) is 0 Å². The van der Waals surface area contributed by atoms with Gasteiger partial charge < -0.3 is 15.3 Å². The number of hydrogen-bond acceptors (Lipinski definition) is 2. The fourth-order valence-electron chi connectivity index (χ4n) is 2.77. The summed E-state index contributed by atoms with van der Waals surface area (Å²) in [6.45, 7) is 5.75. The van der Waals surface area contributed by atoms with Gasteiger partial charge in [0.15, 0.2) is 0 Å². The van der Waals surface area contributed by atoms with Crippen LogP contribution in [-0.2, 0) is 6.42 Å². The fourth-order valence-corrected chi connectivity index (χ4v) is 2.77. The van der Waals surface area contributed by atoms with Gasteiger partial charge in [0.1, 0.15) is 5.82 Å². The van der Waals surface area contributed by atoms with Gasteiger partial charge >= 0.3 is 6.03 Å². The van der Waals surface area contributed by atoms with Gasteiger partial charge in [0, 0.05) is 12.6 Å². The molecule has 116 valence electrons. The van der Waals surface area contributed by atoms with Crippen LogP contribution in [0.1, 0.15) is 44.4 Å². The molecule has 0 fully saturated rings. The molecule has 0 aromatic heterocycles. The second-order valence-corrected chi connectivity index (χ2v) is 5.98. The number of benzene rings is 1. The zero-order chi connectivity index (χ0) is 15.6. The highest BCUT2D eigenvalue weighted by molar-refractivity contribution is 5.75. The number of aliphatic hydroxyl groups is 1. The average Bonchev–Trinajstić information content (AvgIpc) is 2.78. The molecule has 1 aliphatic rings. The lowest BCUT2D eigenvalue weighted by Crippen LogP contribution is -2.47. The Hall–Kier alpha value is -1.62. The number of fused-ring (bicyclic) bond motifs is 1. The van der Waals surface area contributed by atoms with E-state index in [9.17, 15) is 14.3 Å². The summed E-state index contributed by atoms with van der Waals surface area (Å²) in [4.78, 5) is 14.0. The number of aryl methyl sites for hydroxylation is 1. The van der Waals surface area contributed by atoms with Crippen LogP contribution < -0.4 is 5.32 Å². The Morgan fingerprint density at radius 2 is 2.19 bits per heavy atom. The lowest BCUT2D eigenvalue weighted by molar-refractivity contribution is 0.117. The van der Waals surface area contributed by atoms with E-state index in [0.29, 0.717) is 0 Å². The molecule has 2 N–H and O–H groups in total. The summed E-state index contributed by atoms with van der Waals surface area (Å²) in [6.07, 6.45) is 1.05. The highest BCUT2D eigenvalue weighted by Gasteiger charge is 2.27. The quantitative estimate of drug-likeness (QED) is 0.897.